The van der Waals surface area contributed by atoms with Crippen LogP contribution >= 0.6 is 15.9 Å². The van der Waals surface area contributed by atoms with Gasteiger partial charge in [-0.3, -0.25) is 4.79 Å². The van der Waals surface area contributed by atoms with Crippen molar-refractivity contribution < 1.29 is 0 Å². The fraction of sp³-hybridized carbons (Fsp3) is 0.250. The smallest absolute Gasteiger partial charge is 0.192 e. The molecule has 1 N–H and O–H groups in total. The van der Waals surface area contributed by atoms with E-state index in [1.165, 1.54) is 0 Å². The molecular formula is C12H14BrNO. The normalized spacial score (nSPS) is 9.60. The highest BCUT2D eigenvalue weighted by Crippen LogP contribution is 2.15. The largest absolute Gasteiger partial charge is 0.361 e. The second-order valence-corrected chi connectivity index (χ2v) is 3.91. The van der Waals surface area contributed by atoms with Gasteiger partial charge in [-0.05, 0) is 25.1 Å². The zero-order valence-electron chi connectivity index (χ0n) is 9.10. The van der Waals surface area contributed by atoms with E-state index >= 15 is 0 Å². The predicted octanol–water partition coefficient (Wildman–Crippen LogP) is 3.63. The molecule has 1 aromatic carbocycles. The standard InChI is InChI=1S/C10H8BrNO.C2H6/c1-6-5-12-9-4-7(11)2-3-8(9)10(6)13;1-2/h2-5H,1H3,(H,12,13);1-2H3. The van der Waals surface area contributed by atoms with E-state index in [1.807, 2.05) is 32.0 Å². The van der Waals surface area contributed by atoms with Gasteiger partial charge < -0.3 is 4.98 Å². The number of halogens is 1. The molecule has 1 aromatic heterocycles. The minimum Gasteiger partial charge on any atom is -0.361 e. The van der Waals surface area contributed by atoms with Gasteiger partial charge in [0.2, 0.25) is 0 Å². The minimum absolute atomic E-state index is 0.0984. The Hall–Kier alpha value is -1.09. The Morgan fingerprint density at radius 3 is 2.60 bits per heavy atom. The summed E-state index contributed by atoms with van der Waals surface area (Å²) in [4.78, 5) is 14.7. The van der Waals surface area contributed by atoms with Crippen LogP contribution in [-0.4, -0.2) is 4.98 Å². The van der Waals surface area contributed by atoms with Crippen LogP contribution in [0.25, 0.3) is 10.9 Å². The topological polar surface area (TPSA) is 32.9 Å². The van der Waals surface area contributed by atoms with Crippen molar-refractivity contribution in [3.05, 3.63) is 44.7 Å². The van der Waals surface area contributed by atoms with Crippen LogP contribution < -0.4 is 5.43 Å². The van der Waals surface area contributed by atoms with Crippen LogP contribution in [0.2, 0.25) is 0 Å². The number of fused-ring (bicyclic) bond motifs is 1. The number of aryl methyl sites for hydroxylation is 1. The van der Waals surface area contributed by atoms with Crippen LogP contribution in [0, 0.1) is 6.92 Å². The van der Waals surface area contributed by atoms with Crippen molar-refractivity contribution in [2.75, 3.05) is 0 Å². The lowest BCUT2D eigenvalue weighted by molar-refractivity contribution is 1.30. The molecule has 0 fully saturated rings. The summed E-state index contributed by atoms with van der Waals surface area (Å²) >= 11 is 3.35. The predicted molar refractivity (Wildman–Crippen MR) is 68.4 cm³/mol. The average molecular weight is 268 g/mol. The van der Waals surface area contributed by atoms with Gasteiger partial charge in [-0.2, -0.15) is 0 Å². The Morgan fingerprint density at radius 1 is 1.27 bits per heavy atom. The first-order chi connectivity index (χ1) is 7.18. The number of pyridine rings is 1. The molecule has 1 heterocycles. The summed E-state index contributed by atoms with van der Waals surface area (Å²) in [6.45, 7) is 5.81. The second-order valence-electron chi connectivity index (χ2n) is 2.99. The first-order valence-corrected chi connectivity index (χ1v) is 5.75. The summed E-state index contributed by atoms with van der Waals surface area (Å²) in [5.74, 6) is 0. The highest BCUT2D eigenvalue weighted by molar-refractivity contribution is 9.10. The molecular weight excluding hydrogens is 254 g/mol. The van der Waals surface area contributed by atoms with Crippen LogP contribution in [0.1, 0.15) is 19.4 Å². The Morgan fingerprint density at radius 2 is 1.93 bits per heavy atom. The van der Waals surface area contributed by atoms with E-state index in [-0.39, 0.29) is 5.43 Å². The molecule has 0 amide bonds. The number of hydrogen-bond donors (Lipinski definition) is 1. The third kappa shape index (κ3) is 2.48. The van der Waals surface area contributed by atoms with E-state index in [9.17, 15) is 4.79 Å². The molecule has 0 saturated carbocycles. The molecule has 2 rings (SSSR count). The fourth-order valence-electron chi connectivity index (χ4n) is 1.30. The van der Waals surface area contributed by atoms with Gasteiger partial charge in [0, 0.05) is 21.6 Å². The maximum absolute atomic E-state index is 11.6. The van der Waals surface area contributed by atoms with Gasteiger partial charge in [-0.1, -0.05) is 29.8 Å². The van der Waals surface area contributed by atoms with E-state index in [1.54, 1.807) is 13.1 Å². The second kappa shape index (κ2) is 5.12. The Bertz CT molecular complexity index is 517. The van der Waals surface area contributed by atoms with E-state index in [4.69, 9.17) is 0 Å². The molecule has 0 saturated heterocycles. The third-order valence-electron chi connectivity index (χ3n) is 2.03. The third-order valence-corrected chi connectivity index (χ3v) is 2.52. The van der Waals surface area contributed by atoms with Crippen molar-refractivity contribution in [3.63, 3.8) is 0 Å². The van der Waals surface area contributed by atoms with E-state index in [2.05, 4.69) is 20.9 Å². The van der Waals surface area contributed by atoms with Gasteiger partial charge in [-0.15, -0.1) is 0 Å². The van der Waals surface area contributed by atoms with Crippen LogP contribution in [0.4, 0.5) is 0 Å². The van der Waals surface area contributed by atoms with Crippen LogP contribution in [0.3, 0.4) is 0 Å². The molecule has 0 radical (unpaired) electrons. The summed E-state index contributed by atoms with van der Waals surface area (Å²) < 4.78 is 0.972. The van der Waals surface area contributed by atoms with Crippen molar-refractivity contribution in [3.8, 4) is 0 Å². The van der Waals surface area contributed by atoms with Crippen molar-refractivity contribution in [1.29, 1.82) is 0 Å². The molecule has 0 unspecified atom stereocenters. The number of H-pyrrole nitrogens is 1. The summed E-state index contributed by atoms with van der Waals surface area (Å²) in [6.07, 6.45) is 1.73. The fourth-order valence-corrected chi connectivity index (χ4v) is 1.66. The van der Waals surface area contributed by atoms with Gasteiger partial charge in [-0.25, -0.2) is 0 Å². The molecule has 2 aromatic rings. The summed E-state index contributed by atoms with van der Waals surface area (Å²) in [5, 5.41) is 0.739. The molecule has 0 bridgehead atoms. The highest BCUT2D eigenvalue weighted by Gasteiger charge is 2.00. The maximum atomic E-state index is 11.6. The molecule has 2 nitrogen and oxygen atoms in total. The van der Waals surface area contributed by atoms with Crippen molar-refractivity contribution in [1.82, 2.24) is 4.98 Å². The minimum atomic E-state index is 0.0984. The van der Waals surface area contributed by atoms with Crippen LogP contribution in [0.15, 0.2) is 33.7 Å². The number of rotatable bonds is 0. The van der Waals surface area contributed by atoms with Gasteiger partial charge in [0.25, 0.3) is 0 Å². The molecule has 15 heavy (non-hydrogen) atoms. The van der Waals surface area contributed by atoms with Crippen LogP contribution in [0.5, 0.6) is 0 Å². The number of nitrogens with one attached hydrogen (secondary N) is 1. The average Bonchev–Trinajstić information content (AvgIpc) is 2.26. The van der Waals surface area contributed by atoms with Crippen molar-refractivity contribution >= 4 is 26.8 Å². The lowest BCUT2D eigenvalue weighted by atomic mass is 10.2. The van der Waals surface area contributed by atoms with E-state index < -0.39 is 0 Å². The van der Waals surface area contributed by atoms with Gasteiger partial charge >= 0.3 is 0 Å². The number of aromatic amines is 1. The van der Waals surface area contributed by atoms with Gasteiger partial charge in [0.1, 0.15) is 0 Å². The zero-order valence-corrected chi connectivity index (χ0v) is 10.7. The van der Waals surface area contributed by atoms with E-state index in [0.717, 1.165) is 20.9 Å². The lowest BCUT2D eigenvalue weighted by Crippen LogP contribution is -2.05. The molecule has 3 heteroatoms. The van der Waals surface area contributed by atoms with Crippen molar-refractivity contribution in [2.24, 2.45) is 0 Å². The summed E-state index contributed by atoms with van der Waals surface area (Å²) in [7, 11) is 0. The highest BCUT2D eigenvalue weighted by atomic mass is 79.9. The van der Waals surface area contributed by atoms with Crippen molar-refractivity contribution in [2.45, 2.75) is 20.8 Å². The van der Waals surface area contributed by atoms with Gasteiger partial charge in [0.05, 0.1) is 5.52 Å². The Kier molecular flexibility index (Phi) is 4.09. The summed E-state index contributed by atoms with van der Waals surface area (Å²) in [6, 6.07) is 5.60. The number of benzene rings is 1. The SMILES string of the molecule is CC.Cc1c[nH]c2cc(Br)ccc2c1=O. The Balaban J connectivity index is 0.000000531. The molecule has 0 aliphatic heterocycles. The number of aromatic nitrogens is 1. The maximum Gasteiger partial charge on any atom is 0.192 e. The van der Waals surface area contributed by atoms with E-state index in [0.29, 0.717) is 0 Å². The Labute approximate surface area is 97.5 Å². The summed E-state index contributed by atoms with van der Waals surface area (Å²) in [5.41, 5.74) is 1.71. The molecule has 0 spiro atoms. The lowest BCUT2D eigenvalue weighted by Gasteiger charge is -1.99. The molecule has 80 valence electrons. The first-order valence-electron chi connectivity index (χ1n) is 4.96. The first kappa shape index (κ1) is 12.0. The van der Waals surface area contributed by atoms with Crippen LogP contribution in [-0.2, 0) is 0 Å². The molecule has 0 atom stereocenters. The number of hydrogen-bond acceptors (Lipinski definition) is 1. The molecule has 0 aliphatic carbocycles. The zero-order chi connectivity index (χ0) is 11.4. The van der Waals surface area contributed by atoms with Gasteiger partial charge in [0.15, 0.2) is 5.43 Å². The quantitative estimate of drug-likeness (QED) is 0.777. The molecule has 0 aliphatic rings. The monoisotopic (exact) mass is 267 g/mol.